The van der Waals surface area contributed by atoms with Crippen LogP contribution in [0.3, 0.4) is 0 Å². The van der Waals surface area contributed by atoms with E-state index in [1.54, 1.807) is 0 Å². The van der Waals surface area contributed by atoms with Crippen molar-refractivity contribution in [2.45, 2.75) is 26.7 Å². The first-order chi connectivity index (χ1) is 20.0. The minimum Gasteiger partial charge on any atom is -0.494 e. The maximum absolute atomic E-state index is 6.07. The van der Waals surface area contributed by atoms with Gasteiger partial charge in [-0.1, -0.05) is 85.3 Å². The van der Waals surface area contributed by atoms with E-state index in [1.807, 2.05) is 6.07 Å². The van der Waals surface area contributed by atoms with Gasteiger partial charge in [0.2, 0.25) is 0 Å². The number of hydrogen-bond donors (Lipinski definition) is 0. The molecule has 0 bridgehead atoms. The molecule has 0 aliphatic carbocycles. The fourth-order valence-corrected chi connectivity index (χ4v) is 4.84. The number of rotatable bonds is 13. The van der Waals surface area contributed by atoms with Crippen molar-refractivity contribution in [2.75, 3.05) is 45.0 Å². The van der Waals surface area contributed by atoms with Crippen molar-refractivity contribution >= 4 is 23.5 Å². The fraction of sp³-hybridized carbons (Fsp3) is 0.297. The van der Waals surface area contributed by atoms with Crippen molar-refractivity contribution in [1.29, 1.82) is 0 Å². The molecule has 0 atom stereocenters. The van der Waals surface area contributed by atoms with Crippen molar-refractivity contribution in [3.8, 4) is 16.9 Å². The average molecular weight is 548 g/mol. The molecule has 1 heterocycles. The molecule has 0 saturated carbocycles. The first kappa shape index (κ1) is 28.7. The van der Waals surface area contributed by atoms with Crippen molar-refractivity contribution in [2.24, 2.45) is 5.41 Å². The molecule has 1 aliphatic heterocycles. The highest BCUT2D eigenvalue weighted by atomic mass is 16.5. The summed E-state index contributed by atoms with van der Waals surface area (Å²) in [6, 6.07) is 34.2. The Morgan fingerprint density at radius 3 is 2.07 bits per heavy atom. The topological polar surface area (TPSA) is 30.9 Å². The van der Waals surface area contributed by atoms with Gasteiger partial charge in [-0.15, -0.1) is 0 Å². The zero-order chi connectivity index (χ0) is 28.5. The van der Waals surface area contributed by atoms with Gasteiger partial charge in [0.1, 0.15) is 5.75 Å². The van der Waals surface area contributed by atoms with Gasteiger partial charge in [0.25, 0.3) is 0 Å². The Kier molecular flexibility index (Phi) is 9.55. The maximum atomic E-state index is 6.07. The Morgan fingerprint density at radius 1 is 0.756 bits per heavy atom. The molecule has 212 valence electrons. The predicted molar refractivity (Wildman–Crippen MR) is 171 cm³/mol. The van der Waals surface area contributed by atoms with E-state index in [-0.39, 0.29) is 5.41 Å². The van der Waals surface area contributed by atoms with E-state index < -0.39 is 0 Å². The lowest BCUT2D eigenvalue weighted by molar-refractivity contribution is -0.138. The summed E-state index contributed by atoms with van der Waals surface area (Å²) >= 11 is 0. The summed E-state index contributed by atoms with van der Waals surface area (Å²) in [6.45, 7) is 8.18. The Hall–Kier alpha value is -3.86. The lowest BCUT2D eigenvalue weighted by Gasteiger charge is -2.37. The monoisotopic (exact) mass is 547 g/mol. The Bertz CT molecular complexity index is 1420. The van der Waals surface area contributed by atoms with E-state index in [9.17, 15) is 0 Å². The van der Waals surface area contributed by atoms with Crippen LogP contribution in [0.15, 0.2) is 97.1 Å². The van der Waals surface area contributed by atoms with Crippen LogP contribution in [-0.2, 0) is 9.47 Å². The normalized spacial score (nSPS) is 14.1. The number of hydrogen-bond acceptors (Lipinski definition) is 4. The molecule has 1 saturated heterocycles. The molecule has 0 spiro atoms. The van der Waals surface area contributed by atoms with Gasteiger partial charge in [0.15, 0.2) is 0 Å². The van der Waals surface area contributed by atoms with E-state index in [4.69, 9.17) is 14.2 Å². The minimum absolute atomic E-state index is 0.216. The number of ether oxygens (including phenoxy) is 3. The van der Waals surface area contributed by atoms with Gasteiger partial charge >= 0.3 is 0 Å². The molecule has 4 heteroatoms. The van der Waals surface area contributed by atoms with Gasteiger partial charge in [-0.3, -0.25) is 0 Å². The van der Waals surface area contributed by atoms with Crippen LogP contribution in [0.2, 0.25) is 0 Å². The number of aryl methyl sites for hydroxylation is 1. The summed E-state index contributed by atoms with van der Waals surface area (Å²) in [7, 11) is 2.11. The largest absolute Gasteiger partial charge is 0.494 e. The molecule has 0 unspecified atom stereocenters. The molecule has 4 aromatic carbocycles. The molecule has 5 rings (SSSR count). The number of anilines is 2. The third-order valence-electron chi connectivity index (χ3n) is 7.53. The highest BCUT2D eigenvalue weighted by Crippen LogP contribution is 2.31. The average Bonchev–Trinajstić information content (AvgIpc) is 2.99. The van der Waals surface area contributed by atoms with E-state index in [2.05, 4.69) is 129 Å². The van der Waals surface area contributed by atoms with Crippen LogP contribution in [0.4, 0.5) is 11.4 Å². The van der Waals surface area contributed by atoms with Gasteiger partial charge < -0.3 is 19.1 Å². The van der Waals surface area contributed by atoms with Crippen LogP contribution in [0.5, 0.6) is 5.75 Å². The zero-order valence-corrected chi connectivity index (χ0v) is 24.5. The molecule has 41 heavy (non-hydrogen) atoms. The highest BCUT2D eigenvalue weighted by molar-refractivity contribution is 5.74. The standard InChI is InChI=1S/C37H41NO3/c1-29-12-14-30(15-13-29)16-17-31-18-20-34(21-19-31)38(3)35-10-6-8-32(24-35)33-9-7-11-36(25-33)41-23-5-4-22-39-26-37(2)27-40-28-37/h6-21,24-25H,4-5,22-23,26-28H2,1-3H3/b17-16+. The Morgan fingerprint density at radius 2 is 1.39 bits per heavy atom. The molecule has 1 fully saturated rings. The molecule has 1 aliphatic rings. The molecule has 0 amide bonds. The number of unbranched alkanes of at least 4 members (excludes halogenated alkanes) is 1. The van der Waals surface area contributed by atoms with Gasteiger partial charge in [0.05, 0.1) is 26.4 Å². The quantitative estimate of drug-likeness (QED) is 0.124. The fourth-order valence-electron chi connectivity index (χ4n) is 4.84. The lowest BCUT2D eigenvalue weighted by Crippen LogP contribution is -2.43. The molecule has 0 radical (unpaired) electrons. The second-order valence-electron chi connectivity index (χ2n) is 11.4. The summed E-state index contributed by atoms with van der Waals surface area (Å²) in [4.78, 5) is 2.22. The van der Waals surface area contributed by atoms with E-state index in [1.165, 1.54) is 22.3 Å². The van der Waals surface area contributed by atoms with Crippen LogP contribution < -0.4 is 9.64 Å². The molecule has 4 nitrogen and oxygen atoms in total. The summed E-state index contributed by atoms with van der Waals surface area (Å²) in [5, 5.41) is 0. The van der Waals surface area contributed by atoms with Crippen molar-refractivity contribution in [3.05, 3.63) is 114 Å². The van der Waals surface area contributed by atoms with Crippen molar-refractivity contribution in [3.63, 3.8) is 0 Å². The molecular formula is C37H41NO3. The second-order valence-corrected chi connectivity index (χ2v) is 11.4. The Balaban J connectivity index is 1.14. The number of nitrogens with zero attached hydrogens (tertiary/aromatic N) is 1. The first-order valence-electron chi connectivity index (χ1n) is 14.5. The molecule has 4 aromatic rings. The van der Waals surface area contributed by atoms with Crippen molar-refractivity contribution in [1.82, 2.24) is 0 Å². The SMILES string of the molecule is Cc1ccc(/C=C/c2ccc(N(C)c3cccc(-c4cccc(OCCCCOCC5(C)COC5)c4)c3)cc2)cc1. The highest BCUT2D eigenvalue weighted by Gasteiger charge is 2.33. The third kappa shape index (κ3) is 8.09. The van der Waals surface area contributed by atoms with Gasteiger partial charge in [-0.2, -0.15) is 0 Å². The molecular weight excluding hydrogens is 506 g/mol. The summed E-state index contributed by atoms with van der Waals surface area (Å²) in [5.41, 5.74) is 8.47. The van der Waals surface area contributed by atoms with Crippen LogP contribution >= 0.6 is 0 Å². The maximum Gasteiger partial charge on any atom is 0.119 e. The van der Waals surface area contributed by atoms with Gasteiger partial charge in [0, 0.05) is 30.4 Å². The van der Waals surface area contributed by atoms with Crippen molar-refractivity contribution < 1.29 is 14.2 Å². The minimum atomic E-state index is 0.216. The summed E-state index contributed by atoms with van der Waals surface area (Å²) in [6.07, 6.45) is 6.28. The Labute approximate surface area is 245 Å². The second kappa shape index (κ2) is 13.7. The van der Waals surface area contributed by atoms with Gasteiger partial charge in [-0.25, -0.2) is 0 Å². The third-order valence-corrected chi connectivity index (χ3v) is 7.53. The lowest BCUT2D eigenvalue weighted by atomic mass is 9.90. The molecule has 0 N–H and O–H groups in total. The first-order valence-corrected chi connectivity index (χ1v) is 14.5. The van der Waals surface area contributed by atoms with E-state index in [0.717, 1.165) is 62.0 Å². The summed E-state index contributed by atoms with van der Waals surface area (Å²) in [5.74, 6) is 0.899. The van der Waals surface area contributed by atoms with Crippen LogP contribution in [0.25, 0.3) is 23.3 Å². The zero-order valence-electron chi connectivity index (χ0n) is 24.5. The predicted octanol–water partition coefficient (Wildman–Crippen LogP) is 8.81. The van der Waals surface area contributed by atoms with E-state index in [0.29, 0.717) is 6.61 Å². The van der Waals surface area contributed by atoms with Crippen LogP contribution in [-0.4, -0.2) is 40.1 Å². The van der Waals surface area contributed by atoms with E-state index >= 15 is 0 Å². The summed E-state index contributed by atoms with van der Waals surface area (Å²) < 4.78 is 17.2. The van der Waals surface area contributed by atoms with Crippen LogP contribution in [0.1, 0.15) is 36.5 Å². The van der Waals surface area contributed by atoms with Gasteiger partial charge in [-0.05, 0) is 78.4 Å². The molecule has 0 aromatic heterocycles. The smallest absolute Gasteiger partial charge is 0.119 e. The van der Waals surface area contributed by atoms with Crippen LogP contribution in [0, 0.1) is 12.3 Å². The number of benzene rings is 4.